The summed E-state index contributed by atoms with van der Waals surface area (Å²) in [6.07, 6.45) is 6.97. The maximum Gasteiger partial charge on any atom is 0.188 e. The van der Waals surface area contributed by atoms with E-state index in [1.54, 1.807) is 7.11 Å². The minimum atomic E-state index is 0.244. The van der Waals surface area contributed by atoms with Gasteiger partial charge in [-0.1, -0.05) is 79.9 Å². The largest absolute Gasteiger partial charge is 0.466 e. The van der Waals surface area contributed by atoms with Crippen LogP contribution in [-0.2, 0) is 11.2 Å². The van der Waals surface area contributed by atoms with Crippen LogP contribution >= 0.6 is 0 Å². The zero-order valence-electron chi connectivity index (χ0n) is 24.2. The molecule has 5 rings (SSSR count). The van der Waals surface area contributed by atoms with E-state index in [4.69, 9.17) is 19.5 Å². The van der Waals surface area contributed by atoms with Crippen molar-refractivity contribution in [1.29, 1.82) is 0 Å². The highest BCUT2D eigenvalue weighted by Crippen LogP contribution is 2.37. The Balaban J connectivity index is 1.50. The smallest absolute Gasteiger partial charge is 0.188 e. The summed E-state index contributed by atoms with van der Waals surface area (Å²) in [4.78, 5) is 10.5. The lowest BCUT2D eigenvalue weighted by atomic mass is 9.86. The molecule has 206 valence electrons. The number of pyridine rings is 1. The average Bonchev–Trinajstić information content (AvgIpc) is 3.01. The first kappa shape index (κ1) is 27.8. The zero-order chi connectivity index (χ0) is 27.9. The predicted molar refractivity (Wildman–Crippen MR) is 164 cm³/mol. The number of aryl methyl sites for hydroxylation is 1. The van der Waals surface area contributed by atoms with Crippen molar-refractivity contribution in [2.45, 2.75) is 65.2 Å². The summed E-state index contributed by atoms with van der Waals surface area (Å²) in [5.74, 6) is 1.32. The van der Waals surface area contributed by atoms with E-state index in [1.165, 1.54) is 54.4 Å². The number of hydrogen-bond acceptors (Lipinski definition) is 4. The number of rotatable bonds is 9. The standard InChI is InChI=1S/C36H40N2O2/c1-25-22-33(38-35(28-14-8-5-9-15-28)29-16-10-6-11-17-29)27(3)26(2)32(25)23-31-20-21-34(40-24-39-4)36(37-31)30-18-12-7-13-19-30/h5-6,8-11,14-17,20-22,30H,7,12-13,18-19,23-24H2,1-4H3. The molecule has 0 saturated heterocycles. The van der Waals surface area contributed by atoms with Gasteiger partial charge in [0, 0.05) is 36.3 Å². The van der Waals surface area contributed by atoms with E-state index in [-0.39, 0.29) is 6.79 Å². The van der Waals surface area contributed by atoms with Crippen molar-refractivity contribution in [3.05, 3.63) is 124 Å². The van der Waals surface area contributed by atoms with Crippen molar-refractivity contribution in [3.8, 4) is 5.75 Å². The number of ether oxygens (including phenoxy) is 2. The minimum Gasteiger partial charge on any atom is -0.466 e. The first-order chi connectivity index (χ1) is 19.5. The summed E-state index contributed by atoms with van der Waals surface area (Å²) < 4.78 is 11.1. The molecule has 4 heteroatoms. The molecule has 0 bridgehead atoms. The number of aliphatic imine (C=N–C) groups is 1. The van der Waals surface area contributed by atoms with Gasteiger partial charge in [-0.25, -0.2) is 4.99 Å². The lowest BCUT2D eigenvalue weighted by molar-refractivity contribution is 0.0496. The molecule has 0 atom stereocenters. The van der Waals surface area contributed by atoms with Crippen LogP contribution in [0.2, 0.25) is 0 Å². The summed E-state index contributed by atoms with van der Waals surface area (Å²) in [6.45, 7) is 6.85. The van der Waals surface area contributed by atoms with Crippen LogP contribution in [0.15, 0.2) is 83.9 Å². The van der Waals surface area contributed by atoms with Gasteiger partial charge >= 0.3 is 0 Å². The highest BCUT2D eigenvalue weighted by atomic mass is 16.7. The molecule has 4 aromatic rings. The molecule has 1 saturated carbocycles. The van der Waals surface area contributed by atoms with E-state index in [1.807, 2.05) is 12.1 Å². The predicted octanol–water partition coefficient (Wildman–Crippen LogP) is 8.80. The van der Waals surface area contributed by atoms with Crippen LogP contribution in [0.25, 0.3) is 0 Å². The molecule has 4 nitrogen and oxygen atoms in total. The first-order valence-corrected chi connectivity index (χ1v) is 14.5. The third-order valence-electron chi connectivity index (χ3n) is 8.18. The third kappa shape index (κ3) is 6.34. The quantitative estimate of drug-likeness (QED) is 0.160. The normalized spacial score (nSPS) is 13.7. The number of nitrogens with zero attached hydrogens (tertiary/aromatic N) is 2. The van der Waals surface area contributed by atoms with Crippen LogP contribution in [0.3, 0.4) is 0 Å². The van der Waals surface area contributed by atoms with Crippen LogP contribution in [-0.4, -0.2) is 24.6 Å². The molecule has 3 aromatic carbocycles. The summed E-state index contributed by atoms with van der Waals surface area (Å²) in [5, 5.41) is 0. The molecule has 1 heterocycles. The highest BCUT2D eigenvalue weighted by Gasteiger charge is 2.22. The monoisotopic (exact) mass is 532 g/mol. The number of benzene rings is 3. The van der Waals surface area contributed by atoms with Gasteiger partial charge in [0.15, 0.2) is 6.79 Å². The number of hydrogen-bond donors (Lipinski definition) is 0. The Morgan fingerprint density at radius 3 is 2.10 bits per heavy atom. The van der Waals surface area contributed by atoms with Gasteiger partial charge in [-0.2, -0.15) is 0 Å². The van der Waals surface area contributed by atoms with Crippen molar-refractivity contribution in [1.82, 2.24) is 4.98 Å². The SMILES string of the molecule is COCOc1ccc(Cc2c(C)cc(N=C(c3ccccc3)c3ccccc3)c(C)c2C)nc1C1CCCCC1. The Bertz CT molecular complexity index is 1410. The molecule has 1 aromatic heterocycles. The van der Waals surface area contributed by atoms with Crippen LogP contribution in [0.5, 0.6) is 5.75 Å². The van der Waals surface area contributed by atoms with Gasteiger partial charge in [0.25, 0.3) is 0 Å². The van der Waals surface area contributed by atoms with Gasteiger partial charge in [-0.05, 0) is 74.1 Å². The third-order valence-corrected chi connectivity index (χ3v) is 8.18. The Hall–Kier alpha value is -3.76. The summed E-state index contributed by atoms with van der Waals surface area (Å²) in [7, 11) is 1.66. The summed E-state index contributed by atoms with van der Waals surface area (Å²) in [5.41, 5.74) is 11.5. The van der Waals surface area contributed by atoms with Crippen LogP contribution < -0.4 is 4.74 Å². The molecule has 0 amide bonds. The maximum atomic E-state index is 5.94. The van der Waals surface area contributed by atoms with E-state index in [0.717, 1.165) is 46.1 Å². The molecule has 0 N–H and O–H groups in total. The minimum absolute atomic E-state index is 0.244. The van der Waals surface area contributed by atoms with E-state index in [9.17, 15) is 0 Å². The molecule has 1 aliphatic rings. The second-order valence-electron chi connectivity index (χ2n) is 10.9. The fourth-order valence-corrected chi connectivity index (χ4v) is 5.81. The van der Waals surface area contributed by atoms with Crippen molar-refractivity contribution < 1.29 is 9.47 Å². The molecule has 1 aliphatic carbocycles. The van der Waals surface area contributed by atoms with Gasteiger partial charge in [-0.3, -0.25) is 4.98 Å². The maximum absolute atomic E-state index is 5.94. The van der Waals surface area contributed by atoms with E-state index in [0.29, 0.717) is 5.92 Å². The fourth-order valence-electron chi connectivity index (χ4n) is 5.81. The molecule has 40 heavy (non-hydrogen) atoms. The lowest BCUT2D eigenvalue weighted by Gasteiger charge is -2.24. The Labute approximate surface area is 239 Å². The molecule has 0 unspecified atom stereocenters. The molecule has 0 radical (unpaired) electrons. The summed E-state index contributed by atoms with van der Waals surface area (Å²) in [6, 6.07) is 27.3. The number of aromatic nitrogens is 1. The first-order valence-electron chi connectivity index (χ1n) is 14.5. The van der Waals surface area contributed by atoms with E-state index in [2.05, 4.69) is 87.5 Å². The topological polar surface area (TPSA) is 43.7 Å². The average molecular weight is 533 g/mol. The molecule has 1 fully saturated rings. The van der Waals surface area contributed by atoms with Crippen LogP contribution in [0, 0.1) is 20.8 Å². The van der Waals surface area contributed by atoms with Crippen molar-refractivity contribution >= 4 is 11.4 Å². The Morgan fingerprint density at radius 1 is 0.825 bits per heavy atom. The molecular weight excluding hydrogens is 492 g/mol. The van der Waals surface area contributed by atoms with E-state index >= 15 is 0 Å². The van der Waals surface area contributed by atoms with Gasteiger partial charge in [0.05, 0.1) is 17.1 Å². The van der Waals surface area contributed by atoms with Gasteiger partial charge in [-0.15, -0.1) is 0 Å². The van der Waals surface area contributed by atoms with Crippen LogP contribution in [0.1, 0.15) is 82.8 Å². The second-order valence-corrected chi connectivity index (χ2v) is 10.9. The summed E-state index contributed by atoms with van der Waals surface area (Å²) >= 11 is 0. The van der Waals surface area contributed by atoms with Crippen LogP contribution in [0.4, 0.5) is 5.69 Å². The van der Waals surface area contributed by atoms with Gasteiger partial charge in [0.2, 0.25) is 0 Å². The molecule has 0 spiro atoms. The fraction of sp³-hybridized carbons (Fsp3) is 0.333. The highest BCUT2D eigenvalue weighted by molar-refractivity contribution is 6.14. The Morgan fingerprint density at radius 2 is 1.48 bits per heavy atom. The Kier molecular flexibility index (Phi) is 9.08. The van der Waals surface area contributed by atoms with Gasteiger partial charge in [0.1, 0.15) is 5.75 Å². The lowest BCUT2D eigenvalue weighted by Crippen LogP contribution is -2.12. The second kappa shape index (κ2) is 13.1. The van der Waals surface area contributed by atoms with Crippen molar-refractivity contribution in [3.63, 3.8) is 0 Å². The molecule has 0 aliphatic heterocycles. The molecular formula is C36H40N2O2. The van der Waals surface area contributed by atoms with E-state index < -0.39 is 0 Å². The van der Waals surface area contributed by atoms with Gasteiger partial charge < -0.3 is 9.47 Å². The number of methoxy groups -OCH3 is 1. The van der Waals surface area contributed by atoms with Crippen molar-refractivity contribution in [2.75, 3.05) is 13.9 Å². The zero-order valence-corrected chi connectivity index (χ0v) is 24.2. The van der Waals surface area contributed by atoms with Crippen molar-refractivity contribution in [2.24, 2.45) is 4.99 Å².